The van der Waals surface area contributed by atoms with Gasteiger partial charge in [0.15, 0.2) is 0 Å². The Bertz CT molecular complexity index is 879. The Morgan fingerprint density at radius 2 is 1.86 bits per heavy atom. The van der Waals surface area contributed by atoms with Gasteiger partial charge in [-0.15, -0.1) is 0 Å². The van der Waals surface area contributed by atoms with Crippen molar-refractivity contribution in [3.8, 4) is 16.9 Å². The number of nitrogens with zero attached hydrogens (tertiary/aromatic N) is 3. The standard InChI is InChI=1S/C20H24F3N3O3/c1-19(2,3)29-18(28)25-8-6-15(7-9-25)26-12-13(11-24-26)16-5-4-14(10-17(16)27)20(21,22)23/h4-5,10-12,15,27H,6-9H2,1-3H3. The Morgan fingerprint density at radius 1 is 1.21 bits per heavy atom. The van der Waals surface area contributed by atoms with E-state index in [4.69, 9.17) is 4.74 Å². The fourth-order valence-corrected chi connectivity index (χ4v) is 3.27. The average molecular weight is 411 g/mol. The quantitative estimate of drug-likeness (QED) is 0.767. The number of aromatic nitrogens is 2. The maximum absolute atomic E-state index is 12.8. The number of carbonyl (C=O) groups excluding carboxylic acids is 1. The lowest BCUT2D eigenvalue weighted by molar-refractivity contribution is -0.137. The van der Waals surface area contributed by atoms with Gasteiger partial charge in [-0.25, -0.2) is 4.79 Å². The number of hydrogen-bond acceptors (Lipinski definition) is 4. The summed E-state index contributed by atoms with van der Waals surface area (Å²) in [7, 11) is 0. The van der Waals surface area contributed by atoms with E-state index in [2.05, 4.69) is 5.10 Å². The van der Waals surface area contributed by atoms with Crippen molar-refractivity contribution in [3.63, 3.8) is 0 Å². The van der Waals surface area contributed by atoms with Crippen molar-refractivity contribution in [3.05, 3.63) is 36.2 Å². The summed E-state index contributed by atoms with van der Waals surface area (Å²) in [6.07, 6.45) is -0.272. The minimum atomic E-state index is -4.51. The number of piperidine rings is 1. The van der Waals surface area contributed by atoms with Crippen LogP contribution in [0.25, 0.3) is 11.1 Å². The van der Waals surface area contributed by atoms with Crippen molar-refractivity contribution >= 4 is 6.09 Å². The molecule has 1 fully saturated rings. The smallest absolute Gasteiger partial charge is 0.416 e. The van der Waals surface area contributed by atoms with Crippen molar-refractivity contribution in [1.82, 2.24) is 14.7 Å². The molecule has 1 N–H and O–H groups in total. The lowest BCUT2D eigenvalue weighted by Gasteiger charge is -2.33. The number of ether oxygens (including phenoxy) is 1. The molecule has 3 rings (SSSR count). The van der Waals surface area contributed by atoms with Crippen molar-refractivity contribution in [1.29, 1.82) is 0 Å². The van der Waals surface area contributed by atoms with Crippen LogP contribution in [-0.4, -0.2) is 44.6 Å². The number of rotatable bonds is 2. The van der Waals surface area contributed by atoms with E-state index in [-0.39, 0.29) is 17.7 Å². The zero-order chi connectivity index (χ0) is 21.4. The highest BCUT2D eigenvalue weighted by atomic mass is 19.4. The molecule has 1 saturated heterocycles. The van der Waals surface area contributed by atoms with Crippen molar-refractivity contribution in [2.45, 2.75) is 51.4 Å². The van der Waals surface area contributed by atoms with Gasteiger partial charge in [0.25, 0.3) is 0 Å². The molecule has 0 radical (unpaired) electrons. The van der Waals surface area contributed by atoms with Gasteiger partial charge in [-0.05, 0) is 51.8 Å². The molecule has 1 aliphatic rings. The molecule has 29 heavy (non-hydrogen) atoms. The van der Waals surface area contributed by atoms with Gasteiger partial charge in [0, 0.05) is 30.4 Å². The number of benzene rings is 1. The summed E-state index contributed by atoms with van der Waals surface area (Å²) in [6, 6.07) is 2.95. The number of hydrogen-bond donors (Lipinski definition) is 1. The molecule has 1 aromatic heterocycles. The molecule has 0 spiro atoms. The second-order valence-electron chi connectivity index (χ2n) is 8.14. The minimum Gasteiger partial charge on any atom is -0.507 e. The molecule has 1 aromatic carbocycles. The molecule has 158 valence electrons. The highest BCUT2D eigenvalue weighted by Crippen LogP contribution is 2.37. The minimum absolute atomic E-state index is 0.0547. The van der Waals surface area contributed by atoms with Gasteiger partial charge in [0.05, 0.1) is 17.8 Å². The highest BCUT2D eigenvalue weighted by molar-refractivity contribution is 5.69. The summed E-state index contributed by atoms with van der Waals surface area (Å²) in [4.78, 5) is 13.8. The maximum atomic E-state index is 12.8. The summed E-state index contributed by atoms with van der Waals surface area (Å²) >= 11 is 0. The second-order valence-corrected chi connectivity index (χ2v) is 8.14. The summed E-state index contributed by atoms with van der Waals surface area (Å²) in [5.74, 6) is -0.445. The van der Waals surface area contributed by atoms with Gasteiger partial charge < -0.3 is 14.7 Å². The SMILES string of the molecule is CC(C)(C)OC(=O)N1CCC(n2cc(-c3ccc(C(F)(F)F)cc3O)cn2)CC1. The molecular formula is C20H24F3N3O3. The van der Waals surface area contributed by atoms with E-state index >= 15 is 0 Å². The van der Waals surface area contributed by atoms with Gasteiger partial charge >= 0.3 is 12.3 Å². The van der Waals surface area contributed by atoms with Crippen molar-refractivity contribution < 1.29 is 27.8 Å². The van der Waals surface area contributed by atoms with Gasteiger partial charge in [-0.3, -0.25) is 4.68 Å². The van der Waals surface area contributed by atoms with E-state index in [0.29, 0.717) is 37.6 Å². The van der Waals surface area contributed by atoms with Crippen LogP contribution in [0.3, 0.4) is 0 Å². The van der Waals surface area contributed by atoms with Crippen LogP contribution in [0.15, 0.2) is 30.6 Å². The van der Waals surface area contributed by atoms with E-state index in [1.807, 2.05) is 20.8 Å². The number of aromatic hydroxyl groups is 1. The van der Waals surface area contributed by atoms with Gasteiger partial charge in [-0.2, -0.15) is 18.3 Å². The molecule has 0 saturated carbocycles. The van der Waals surface area contributed by atoms with Gasteiger partial charge in [0.2, 0.25) is 0 Å². The Balaban J connectivity index is 1.67. The molecule has 1 amide bonds. The third-order valence-corrected chi connectivity index (χ3v) is 4.73. The predicted molar refractivity (Wildman–Crippen MR) is 100 cm³/mol. The molecule has 2 aromatic rings. The molecule has 0 aliphatic carbocycles. The summed E-state index contributed by atoms with van der Waals surface area (Å²) in [5, 5.41) is 14.3. The van der Waals surface area contributed by atoms with E-state index in [9.17, 15) is 23.1 Å². The first-order valence-corrected chi connectivity index (χ1v) is 9.37. The van der Waals surface area contributed by atoms with Crippen molar-refractivity contribution in [2.75, 3.05) is 13.1 Å². The first kappa shape index (κ1) is 21.0. The zero-order valence-corrected chi connectivity index (χ0v) is 16.5. The number of phenolic OH excluding ortho intramolecular Hbond substituents is 1. The number of halogens is 3. The number of phenols is 1. The lowest BCUT2D eigenvalue weighted by Crippen LogP contribution is -2.42. The molecule has 0 bridgehead atoms. The summed E-state index contributed by atoms with van der Waals surface area (Å²) < 4.78 is 45.4. The van der Waals surface area contributed by atoms with Crippen LogP contribution in [0.5, 0.6) is 5.75 Å². The van der Waals surface area contributed by atoms with Crippen LogP contribution >= 0.6 is 0 Å². The highest BCUT2D eigenvalue weighted by Gasteiger charge is 2.31. The van der Waals surface area contributed by atoms with E-state index < -0.39 is 23.1 Å². The second kappa shape index (κ2) is 7.61. The predicted octanol–water partition coefficient (Wildman–Crippen LogP) is 4.85. The van der Waals surface area contributed by atoms with Crippen LogP contribution in [-0.2, 0) is 10.9 Å². The maximum Gasteiger partial charge on any atom is 0.416 e. The zero-order valence-electron chi connectivity index (χ0n) is 16.5. The largest absolute Gasteiger partial charge is 0.507 e. The number of amides is 1. The number of alkyl halides is 3. The molecule has 1 aliphatic heterocycles. The van der Waals surface area contributed by atoms with Crippen LogP contribution < -0.4 is 0 Å². The molecule has 6 nitrogen and oxygen atoms in total. The number of carbonyl (C=O) groups is 1. The van der Waals surface area contributed by atoms with E-state index in [1.165, 1.54) is 12.3 Å². The molecular weight excluding hydrogens is 387 g/mol. The normalized spacial score (nSPS) is 16.1. The average Bonchev–Trinajstić information content (AvgIpc) is 3.09. The molecule has 9 heteroatoms. The molecule has 2 heterocycles. The first-order valence-electron chi connectivity index (χ1n) is 9.37. The number of likely N-dealkylation sites (tertiary alicyclic amines) is 1. The third-order valence-electron chi connectivity index (χ3n) is 4.73. The van der Waals surface area contributed by atoms with Crippen LogP contribution in [0.2, 0.25) is 0 Å². The summed E-state index contributed by atoms with van der Waals surface area (Å²) in [6.45, 7) is 6.51. The van der Waals surface area contributed by atoms with Crippen LogP contribution in [0.1, 0.15) is 45.2 Å². The Labute approximate surface area is 166 Å². The third kappa shape index (κ3) is 5.02. The Hall–Kier alpha value is -2.71. The fraction of sp³-hybridized carbons (Fsp3) is 0.500. The van der Waals surface area contributed by atoms with E-state index in [0.717, 1.165) is 6.07 Å². The summed E-state index contributed by atoms with van der Waals surface area (Å²) in [5.41, 5.74) is -0.629. The Morgan fingerprint density at radius 3 is 2.41 bits per heavy atom. The van der Waals surface area contributed by atoms with Crippen molar-refractivity contribution in [2.24, 2.45) is 0 Å². The fourth-order valence-electron chi connectivity index (χ4n) is 3.27. The van der Waals surface area contributed by atoms with Gasteiger partial charge in [-0.1, -0.05) is 0 Å². The molecule has 0 atom stereocenters. The van der Waals surface area contributed by atoms with Gasteiger partial charge in [0.1, 0.15) is 11.4 Å². The monoisotopic (exact) mass is 411 g/mol. The van der Waals surface area contributed by atoms with Crippen LogP contribution in [0.4, 0.5) is 18.0 Å². The topological polar surface area (TPSA) is 67.6 Å². The van der Waals surface area contributed by atoms with E-state index in [1.54, 1.807) is 15.8 Å². The van der Waals surface area contributed by atoms with Crippen LogP contribution in [0, 0.1) is 0 Å². The lowest BCUT2D eigenvalue weighted by atomic mass is 10.0. The Kier molecular flexibility index (Phi) is 5.51. The first-order chi connectivity index (χ1) is 13.4. The molecule has 0 unspecified atom stereocenters.